The summed E-state index contributed by atoms with van der Waals surface area (Å²) in [7, 11) is 2.08. The Bertz CT molecular complexity index is 1600. The van der Waals surface area contributed by atoms with E-state index in [0.29, 0.717) is 81.5 Å². The van der Waals surface area contributed by atoms with Crippen molar-refractivity contribution >= 4 is 11.9 Å². The van der Waals surface area contributed by atoms with Gasteiger partial charge in [0.05, 0.1) is 32.8 Å². The molecule has 0 radical (unpaired) electrons. The molecule has 4 fully saturated rings. The highest BCUT2D eigenvalue weighted by Crippen LogP contribution is 2.53. The van der Waals surface area contributed by atoms with Crippen molar-refractivity contribution in [1.82, 2.24) is 24.9 Å². The van der Waals surface area contributed by atoms with Gasteiger partial charge in [-0.05, 0) is 37.4 Å². The SMILES string of the molecule is CC(C)c1ccc([C@](OC(=O)CC2COC2)(c2cncc(-c3noc(C4CCN(C(=O)CC5COC5)CC4)n3)c2)C2(C)CN(C)C2)cc1. The molecule has 0 unspecified atom stereocenters. The summed E-state index contributed by atoms with van der Waals surface area (Å²) in [6, 6.07) is 10.5. The molecule has 1 amide bonds. The number of rotatable bonds is 11. The van der Waals surface area contributed by atoms with Crippen molar-refractivity contribution in [3.8, 4) is 11.4 Å². The van der Waals surface area contributed by atoms with E-state index < -0.39 is 11.0 Å². The van der Waals surface area contributed by atoms with E-state index in [9.17, 15) is 9.59 Å². The van der Waals surface area contributed by atoms with Crippen molar-refractivity contribution in [2.75, 3.05) is 59.7 Å². The number of aromatic nitrogens is 3. The summed E-state index contributed by atoms with van der Waals surface area (Å²) >= 11 is 0. The Morgan fingerprint density at radius 3 is 2.25 bits per heavy atom. The van der Waals surface area contributed by atoms with Crippen LogP contribution in [0.25, 0.3) is 11.4 Å². The van der Waals surface area contributed by atoms with E-state index in [1.54, 1.807) is 6.20 Å². The molecule has 256 valence electrons. The Hall–Kier alpha value is -3.67. The number of amides is 1. The number of likely N-dealkylation sites (tertiary alicyclic amines) is 2. The van der Waals surface area contributed by atoms with E-state index in [1.807, 2.05) is 17.2 Å². The highest BCUT2D eigenvalue weighted by molar-refractivity contribution is 5.76. The van der Waals surface area contributed by atoms with E-state index in [-0.39, 0.29) is 23.7 Å². The van der Waals surface area contributed by atoms with Gasteiger partial charge in [0.15, 0.2) is 5.60 Å². The first-order valence-electron chi connectivity index (χ1n) is 17.4. The molecule has 0 spiro atoms. The molecule has 2 aromatic heterocycles. The maximum absolute atomic E-state index is 13.7. The zero-order valence-electron chi connectivity index (χ0n) is 28.5. The minimum atomic E-state index is -1.10. The van der Waals surface area contributed by atoms with Gasteiger partial charge in [0.2, 0.25) is 17.6 Å². The van der Waals surface area contributed by atoms with Crippen molar-refractivity contribution < 1.29 is 28.3 Å². The first-order chi connectivity index (χ1) is 23.1. The number of nitrogens with zero attached hydrogens (tertiary/aromatic N) is 5. The standard InChI is InChI=1S/C37H47N5O6/c1-24(2)27-5-7-30(8-6-27)37(36(3)22-41(4)23-36,47-33(44)14-26-20-46-21-26)31-15-29(16-38-17-31)34-39-35(48-40-34)28-9-11-42(12-10-28)32(43)13-25-18-45-19-25/h5-8,15-17,24-26,28H,9-14,18-23H2,1-4H3/t37-/m0/s1. The van der Waals surface area contributed by atoms with Crippen LogP contribution in [0.1, 0.15) is 80.9 Å². The summed E-state index contributed by atoms with van der Waals surface area (Å²) in [4.78, 5) is 40.2. The summed E-state index contributed by atoms with van der Waals surface area (Å²) in [5.74, 6) is 1.94. The largest absolute Gasteiger partial charge is 0.448 e. The normalized spacial score (nSPS) is 21.6. The number of ether oxygens (including phenoxy) is 3. The van der Waals surface area contributed by atoms with Crippen molar-refractivity contribution in [2.45, 2.75) is 63.9 Å². The van der Waals surface area contributed by atoms with Crippen LogP contribution in [0, 0.1) is 17.3 Å². The molecule has 1 aromatic carbocycles. The topological polar surface area (TPSA) is 120 Å². The maximum Gasteiger partial charge on any atom is 0.307 e. The van der Waals surface area contributed by atoms with E-state index in [0.717, 1.165) is 37.1 Å². The molecule has 48 heavy (non-hydrogen) atoms. The maximum atomic E-state index is 13.7. The predicted octanol–water partition coefficient (Wildman–Crippen LogP) is 4.77. The highest BCUT2D eigenvalue weighted by Gasteiger charge is 2.59. The number of esters is 1. The number of hydrogen-bond donors (Lipinski definition) is 0. The van der Waals surface area contributed by atoms with Crippen LogP contribution in [0.5, 0.6) is 0 Å². The summed E-state index contributed by atoms with van der Waals surface area (Å²) in [5, 5.41) is 4.38. The Kier molecular flexibility index (Phi) is 9.12. The number of benzene rings is 1. The van der Waals surface area contributed by atoms with Crippen LogP contribution in [-0.4, -0.2) is 96.5 Å². The van der Waals surface area contributed by atoms with Gasteiger partial charge >= 0.3 is 5.97 Å². The van der Waals surface area contributed by atoms with Gasteiger partial charge in [0.1, 0.15) is 0 Å². The second kappa shape index (κ2) is 13.3. The fraction of sp³-hybridized carbons (Fsp3) is 0.595. The summed E-state index contributed by atoms with van der Waals surface area (Å²) in [5.41, 5.74) is 2.08. The highest BCUT2D eigenvalue weighted by atomic mass is 16.6. The Morgan fingerprint density at radius 2 is 1.65 bits per heavy atom. The zero-order chi connectivity index (χ0) is 33.5. The fourth-order valence-corrected chi connectivity index (χ4v) is 7.85. The molecule has 6 heterocycles. The summed E-state index contributed by atoms with van der Waals surface area (Å²) < 4.78 is 23.2. The predicted molar refractivity (Wildman–Crippen MR) is 177 cm³/mol. The van der Waals surface area contributed by atoms with Gasteiger partial charge in [-0.2, -0.15) is 4.98 Å². The lowest BCUT2D eigenvalue weighted by molar-refractivity contribution is -0.191. The third kappa shape index (κ3) is 6.28. The van der Waals surface area contributed by atoms with Gasteiger partial charge < -0.3 is 28.5 Å². The molecule has 3 aromatic rings. The van der Waals surface area contributed by atoms with Crippen LogP contribution < -0.4 is 0 Å². The zero-order valence-corrected chi connectivity index (χ0v) is 28.5. The van der Waals surface area contributed by atoms with Crippen LogP contribution in [0.4, 0.5) is 0 Å². The molecule has 0 bridgehead atoms. The first kappa shape index (κ1) is 32.9. The average molecular weight is 658 g/mol. The molecule has 11 nitrogen and oxygen atoms in total. The molecule has 0 N–H and O–H groups in total. The van der Waals surface area contributed by atoms with Gasteiger partial charge in [-0.1, -0.05) is 50.2 Å². The lowest BCUT2D eigenvalue weighted by Gasteiger charge is -2.57. The molecule has 4 aliphatic heterocycles. The molecule has 0 saturated carbocycles. The molecule has 11 heteroatoms. The lowest BCUT2D eigenvalue weighted by Crippen LogP contribution is -2.65. The quantitative estimate of drug-likeness (QED) is 0.267. The van der Waals surface area contributed by atoms with Crippen LogP contribution in [0.2, 0.25) is 0 Å². The fourth-order valence-electron chi connectivity index (χ4n) is 7.85. The summed E-state index contributed by atoms with van der Waals surface area (Å²) in [6.07, 6.45) is 5.96. The van der Waals surface area contributed by atoms with Crippen molar-refractivity contribution in [2.24, 2.45) is 17.3 Å². The van der Waals surface area contributed by atoms with Crippen molar-refractivity contribution in [3.63, 3.8) is 0 Å². The Morgan fingerprint density at radius 1 is 0.979 bits per heavy atom. The van der Waals surface area contributed by atoms with Crippen LogP contribution in [0.3, 0.4) is 0 Å². The molecule has 4 saturated heterocycles. The number of carbonyl (C=O) groups is 2. The third-order valence-corrected chi connectivity index (χ3v) is 10.7. The van der Waals surface area contributed by atoms with Crippen LogP contribution >= 0.6 is 0 Å². The smallest absolute Gasteiger partial charge is 0.307 e. The second-order valence-electron chi connectivity index (χ2n) is 15.0. The lowest BCUT2D eigenvalue weighted by atomic mass is 9.61. The van der Waals surface area contributed by atoms with Gasteiger partial charge in [-0.3, -0.25) is 14.6 Å². The van der Waals surface area contributed by atoms with Gasteiger partial charge in [0.25, 0.3) is 0 Å². The van der Waals surface area contributed by atoms with Gasteiger partial charge in [-0.25, -0.2) is 0 Å². The third-order valence-electron chi connectivity index (χ3n) is 10.7. The van der Waals surface area contributed by atoms with Gasteiger partial charge in [0, 0.05) is 84.9 Å². The minimum Gasteiger partial charge on any atom is -0.448 e. The Labute approximate surface area is 282 Å². The first-order valence-corrected chi connectivity index (χ1v) is 17.4. The number of carbonyl (C=O) groups excluding carboxylic acids is 2. The minimum absolute atomic E-state index is 0.0814. The average Bonchev–Trinajstić information content (AvgIpc) is 3.53. The molecule has 4 aliphatic rings. The number of hydrogen-bond acceptors (Lipinski definition) is 10. The number of pyridine rings is 1. The van der Waals surface area contributed by atoms with E-state index in [1.165, 1.54) is 5.56 Å². The monoisotopic (exact) mass is 657 g/mol. The van der Waals surface area contributed by atoms with Crippen LogP contribution in [-0.2, 0) is 29.4 Å². The van der Waals surface area contributed by atoms with Gasteiger partial charge in [-0.15, -0.1) is 0 Å². The van der Waals surface area contributed by atoms with Crippen molar-refractivity contribution in [3.05, 3.63) is 65.3 Å². The molecule has 7 rings (SSSR count). The molecular weight excluding hydrogens is 610 g/mol. The van der Waals surface area contributed by atoms with E-state index >= 15 is 0 Å². The second-order valence-corrected chi connectivity index (χ2v) is 15.0. The van der Waals surface area contributed by atoms with Crippen molar-refractivity contribution in [1.29, 1.82) is 0 Å². The summed E-state index contributed by atoms with van der Waals surface area (Å²) in [6.45, 7) is 11.9. The Balaban J connectivity index is 1.18. The van der Waals surface area contributed by atoms with E-state index in [4.69, 9.17) is 23.7 Å². The van der Waals surface area contributed by atoms with Crippen LogP contribution in [0.15, 0.2) is 47.2 Å². The molecule has 1 atom stereocenters. The number of piperidine rings is 1. The molecular formula is C37H47N5O6. The molecule has 0 aliphatic carbocycles. The van der Waals surface area contributed by atoms with E-state index in [2.05, 4.69) is 67.1 Å².